The number of likely N-dealkylation sites (N-methyl/N-ethyl adjacent to an activating group) is 2. The molecule has 1 rings (SSSR count). The number of nitrogens with one attached hydrogen (secondary N) is 1. The molecule has 5 heteroatoms. The van der Waals surface area contributed by atoms with Gasteiger partial charge in [0.2, 0.25) is 5.91 Å². The molecule has 0 bridgehead atoms. The molecule has 0 atom stereocenters. The predicted octanol–water partition coefficient (Wildman–Crippen LogP) is 1.45. The summed E-state index contributed by atoms with van der Waals surface area (Å²) in [5.74, 6) is 0.00273. The fourth-order valence-electron chi connectivity index (χ4n) is 1.43. The Hall–Kier alpha value is -0.980. The normalized spacial score (nSPS) is 9.94. The Morgan fingerprint density at radius 2 is 2.25 bits per heavy atom. The SMILES string of the molecule is CCNC(=O)CN(C)c1ccc(I)cc1N. The lowest BCUT2D eigenvalue weighted by atomic mass is 10.2. The molecule has 1 aromatic rings. The molecule has 0 saturated heterocycles. The first-order valence-electron chi connectivity index (χ1n) is 5.07. The molecule has 0 saturated carbocycles. The zero-order valence-electron chi connectivity index (χ0n) is 9.46. The summed E-state index contributed by atoms with van der Waals surface area (Å²) in [6.07, 6.45) is 0. The van der Waals surface area contributed by atoms with Gasteiger partial charge in [-0.05, 0) is 47.7 Å². The summed E-state index contributed by atoms with van der Waals surface area (Å²) in [7, 11) is 1.85. The average molecular weight is 333 g/mol. The first-order chi connectivity index (χ1) is 7.54. The van der Waals surface area contributed by atoms with E-state index >= 15 is 0 Å². The summed E-state index contributed by atoms with van der Waals surface area (Å²) in [4.78, 5) is 13.3. The van der Waals surface area contributed by atoms with Crippen molar-refractivity contribution >= 4 is 39.9 Å². The van der Waals surface area contributed by atoms with Gasteiger partial charge in [-0.3, -0.25) is 4.79 Å². The minimum absolute atomic E-state index is 0.00273. The zero-order chi connectivity index (χ0) is 12.1. The molecule has 0 heterocycles. The highest BCUT2D eigenvalue weighted by molar-refractivity contribution is 14.1. The number of hydrogen-bond acceptors (Lipinski definition) is 3. The van der Waals surface area contributed by atoms with Gasteiger partial charge in [0.05, 0.1) is 17.9 Å². The number of carbonyl (C=O) groups excluding carboxylic acids is 1. The quantitative estimate of drug-likeness (QED) is 0.648. The Balaban J connectivity index is 2.72. The van der Waals surface area contributed by atoms with Gasteiger partial charge in [0.25, 0.3) is 0 Å². The van der Waals surface area contributed by atoms with Crippen molar-refractivity contribution in [2.45, 2.75) is 6.92 Å². The van der Waals surface area contributed by atoms with Gasteiger partial charge in [0.15, 0.2) is 0 Å². The number of rotatable bonds is 4. The highest BCUT2D eigenvalue weighted by Crippen LogP contribution is 2.23. The Morgan fingerprint density at radius 3 is 2.81 bits per heavy atom. The summed E-state index contributed by atoms with van der Waals surface area (Å²) in [5.41, 5.74) is 7.47. The van der Waals surface area contributed by atoms with Gasteiger partial charge in [0.1, 0.15) is 0 Å². The number of halogens is 1. The molecule has 0 spiro atoms. The van der Waals surface area contributed by atoms with E-state index in [2.05, 4.69) is 27.9 Å². The largest absolute Gasteiger partial charge is 0.397 e. The fourth-order valence-corrected chi connectivity index (χ4v) is 1.94. The van der Waals surface area contributed by atoms with Crippen molar-refractivity contribution < 1.29 is 4.79 Å². The minimum atomic E-state index is 0.00273. The van der Waals surface area contributed by atoms with Crippen LogP contribution in [0.2, 0.25) is 0 Å². The van der Waals surface area contributed by atoms with Crippen molar-refractivity contribution in [2.75, 3.05) is 30.8 Å². The summed E-state index contributed by atoms with van der Waals surface area (Å²) in [6, 6.07) is 5.79. The molecule has 1 aromatic carbocycles. The van der Waals surface area contributed by atoms with Gasteiger partial charge in [-0.25, -0.2) is 0 Å². The Labute approximate surface area is 109 Å². The number of hydrogen-bond donors (Lipinski definition) is 2. The summed E-state index contributed by atoms with van der Waals surface area (Å²) in [5, 5.41) is 2.75. The lowest BCUT2D eigenvalue weighted by Gasteiger charge is -2.20. The molecule has 0 radical (unpaired) electrons. The van der Waals surface area contributed by atoms with Gasteiger partial charge in [0, 0.05) is 17.2 Å². The van der Waals surface area contributed by atoms with Crippen molar-refractivity contribution in [3.05, 3.63) is 21.8 Å². The second-order valence-corrected chi connectivity index (χ2v) is 4.76. The van der Waals surface area contributed by atoms with Gasteiger partial charge in [-0.2, -0.15) is 0 Å². The van der Waals surface area contributed by atoms with Crippen molar-refractivity contribution in [1.82, 2.24) is 5.32 Å². The maximum Gasteiger partial charge on any atom is 0.239 e. The van der Waals surface area contributed by atoms with Crippen LogP contribution >= 0.6 is 22.6 Å². The molecule has 0 unspecified atom stereocenters. The van der Waals surface area contributed by atoms with E-state index in [1.165, 1.54) is 0 Å². The lowest BCUT2D eigenvalue weighted by molar-refractivity contribution is -0.119. The van der Waals surface area contributed by atoms with Gasteiger partial charge < -0.3 is 16.0 Å². The smallest absolute Gasteiger partial charge is 0.239 e. The standard InChI is InChI=1S/C11H16IN3O/c1-3-14-11(16)7-15(2)10-5-4-8(12)6-9(10)13/h4-6H,3,7,13H2,1-2H3,(H,14,16). The monoisotopic (exact) mass is 333 g/mol. The second-order valence-electron chi connectivity index (χ2n) is 3.51. The summed E-state index contributed by atoms with van der Waals surface area (Å²) >= 11 is 2.21. The van der Waals surface area contributed by atoms with Gasteiger partial charge in [-0.15, -0.1) is 0 Å². The van der Waals surface area contributed by atoms with E-state index in [-0.39, 0.29) is 5.91 Å². The van der Waals surface area contributed by atoms with Crippen molar-refractivity contribution in [3.8, 4) is 0 Å². The van der Waals surface area contributed by atoms with E-state index in [1.54, 1.807) is 0 Å². The van der Waals surface area contributed by atoms with Crippen LogP contribution in [0, 0.1) is 3.57 Å². The number of nitrogen functional groups attached to an aromatic ring is 1. The number of nitrogens with two attached hydrogens (primary N) is 1. The molecule has 16 heavy (non-hydrogen) atoms. The van der Waals surface area contributed by atoms with Crippen LogP contribution in [0.1, 0.15) is 6.92 Å². The van der Waals surface area contributed by atoms with Crippen LogP contribution in [0.4, 0.5) is 11.4 Å². The van der Waals surface area contributed by atoms with Crippen LogP contribution in [0.5, 0.6) is 0 Å². The Bertz CT molecular complexity index is 381. The van der Waals surface area contributed by atoms with Crippen molar-refractivity contribution in [1.29, 1.82) is 0 Å². The maximum absolute atomic E-state index is 11.4. The number of anilines is 2. The first kappa shape index (κ1) is 13.1. The highest BCUT2D eigenvalue weighted by atomic mass is 127. The molecule has 1 amide bonds. The lowest BCUT2D eigenvalue weighted by Crippen LogP contribution is -2.35. The molecule has 0 aliphatic carbocycles. The Morgan fingerprint density at radius 1 is 1.56 bits per heavy atom. The molecule has 0 aromatic heterocycles. The van der Waals surface area contributed by atoms with Crippen LogP contribution in [-0.4, -0.2) is 26.0 Å². The number of amides is 1. The minimum Gasteiger partial charge on any atom is -0.397 e. The molecule has 4 nitrogen and oxygen atoms in total. The number of carbonyl (C=O) groups is 1. The van der Waals surface area contributed by atoms with Gasteiger partial charge >= 0.3 is 0 Å². The molecular formula is C11H16IN3O. The second kappa shape index (κ2) is 5.93. The highest BCUT2D eigenvalue weighted by Gasteiger charge is 2.09. The summed E-state index contributed by atoms with van der Waals surface area (Å²) < 4.78 is 1.09. The zero-order valence-corrected chi connectivity index (χ0v) is 11.6. The van der Waals surface area contributed by atoms with Crippen LogP contribution in [-0.2, 0) is 4.79 Å². The molecule has 0 aliphatic rings. The van der Waals surface area contributed by atoms with Crippen LogP contribution in [0.15, 0.2) is 18.2 Å². The third kappa shape index (κ3) is 3.55. The third-order valence-electron chi connectivity index (χ3n) is 2.16. The van der Waals surface area contributed by atoms with Gasteiger partial charge in [-0.1, -0.05) is 0 Å². The van der Waals surface area contributed by atoms with Crippen LogP contribution < -0.4 is 16.0 Å². The van der Waals surface area contributed by atoms with E-state index in [0.717, 1.165) is 9.26 Å². The summed E-state index contributed by atoms with van der Waals surface area (Å²) in [6.45, 7) is 2.87. The molecule has 0 aliphatic heterocycles. The molecular weight excluding hydrogens is 317 g/mol. The topological polar surface area (TPSA) is 58.4 Å². The van der Waals surface area contributed by atoms with Crippen molar-refractivity contribution in [2.24, 2.45) is 0 Å². The van der Waals surface area contributed by atoms with E-state index < -0.39 is 0 Å². The predicted molar refractivity (Wildman–Crippen MR) is 75.5 cm³/mol. The van der Waals surface area contributed by atoms with Crippen molar-refractivity contribution in [3.63, 3.8) is 0 Å². The molecule has 88 valence electrons. The average Bonchev–Trinajstić information content (AvgIpc) is 2.17. The third-order valence-corrected chi connectivity index (χ3v) is 2.83. The number of nitrogens with zero attached hydrogens (tertiary/aromatic N) is 1. The first-order valence-corrected chi connectivity index (χ1v) is 6.15. The number of benzene rings is 1. The van der Waals surface area contributed by atoms with E-state index in [0.29, 0.717) is 18.8 Å². The molecule has 0 fully saturated rings. The van der Waals surface area contributed by atoms with E-state index in [4.69, 9.17) is 5.73 Å². The van der Waals surface area contributed by atoms with E-state index in [1.807, 2.05) is 37.1 Å². The van der Waals surface area contributed by atoms with E-state index in [9.17, 15) is 4.79 Å². The van der Waals surface area contributed by atoms with Crippen LogP contribution in [0.25, 0.3) is 0 Å². The van der Waals surface area contributed by atoms with Crippen LogP contribution in [0.3, 0.4) is 0 Å². The maximum atomic E-state index is 11.4. The Kier molecular flexibility index (Phi) is 4.85. The molecule has 3 N–H and O–H groups in total. The fraction of sp³-hybridized carbons (Fsp3) is 0.364.